The van der Waals surface area contributed by atoms with Crippen molar-refractivity contribution in [2.75, 3.05) is 40.0 Å². The van der Waals surface area contributed by atoms with Gasteiger partial charge in [0, 0.05) is 59.8 Å². The number of nitriles is 1. The standard InChI is InChI=1S/C32H36N4O3/c1-21-11-28(38-2)26(25-7-9-34-29(21)25)16-35-10-8-31(12-22(13-31)15-33)14-27(35)23-3-5-24(6-4-23)30(37)36-17-32(18-36)19-39-20-32/h3-7,9,11,22,27,34H,8,10,12-14,16-20H2,1-2H3. The molecule has 4 aliphatic rings. The highest BCUT2D eigenvalue weighted by atomic mass is 16.5. The zero-order valence-corrected chi connectivity index (χ0v) is 22.8. The third kappa shape index (κ3) is 4.04. The summed E-state index contributed by atoms with van der Waals surface area (Å²) in [6.07, 6.45) is 6.16. The average molecular weight is 525 g/mol. The highest BCUT2D eigenvalue weighted by Gasteiger charge is 2.51. The molecule has 3 aromatic rings. The van der Waals surface area contributed by atoms with E-state index < -0.39 is 0 Å². The van der Waals surface area contributed by atoms with Crippen LogP contribution in [-0.4, -0.2) is 60.6 Å². The second-order valence-electron chi connectivity index (χ2n) is 12.6. The van der Waals surface area contributed by atoms with E-state index in [1.807, 2.05) is 23.2 Å². The first kappa shape index (κ1) is 24.7. The number of H-pyrrole nitrogens is 1. The van der Waals surface area contributed by atoms with Crippen molar-refractivity contribution in [2.45, 2.75) is 45.2 Å². The number of nitrogens with one attached hydrogen (secondary N) is 1. The second-order valence-corrected chi connectivity index (χ2v) is 12.6. The monoisotopic (exact) mass is 524 g/mol. The number of hydrogen-bond acceptors (Lipinski definition) is 5. The summed E-state index contributed by atoms with van der Waals surface area (Å²) in [6.45, 7) is 7.05. The van der Waals surface area contributed by atoms with Crippen LogP contribution in [-0.2, 0) is 11.3 Å². The van der Waals surface area contributed by atoms with Gasteiger partial charge in [-0.05, 0) is 80.0 Å². The first-order chi connectivity index (χ1) is 18.9. The Kier molecular flexibility index (Phi) is 5.76. The van der Waals surface area contributed by atoms with Crippen LogP contribution < -0.4 is 4.74 Å². The predicted octanol–water partition coefficient (Wildman–Crippen LogP) is 5.21. The Bertz CT molecular complexity index is 1450. The maximum Gasteiger partial charge on any atom is 0.253 e. The Morgan fingerprint density at radius 3 is 2.59 bits per heavy atom. The number of aromatic nitrogens is 1. The molecule has 3 aliphatic heterocycles. The van der Waals surface area contributed by atoms with Gasteiger partial charge in [0.1, 0.15) is 5.75 Å². The molecule has 1 unspecified atom stereocenters. The molecule has 2 spiro atoms. The summed E-state index contributed by atoms with van der Waals surface area (Å²) >= 11 is 0. The van der Waals surface area contributed by atoms with Crippen LogP contribution in [0.4, 0.5) is 0 Å². The molecule has 0 radical (unpaired) electrons. The van der Waals surface area contributed by atoms with Crippen LogP contribution in [0.15, 0.2) is 42.6 Å². The molecule has 39 heavy (non-hydrogen) atoms. The van der Waals surface area contributed by atoms with Crippen LogP contribution in [0.1, 0.15) is 58.8 Å². The molecule has 1 atom stereocenters. The molecule has 202 valence electrons. The lowest BCUT2D eigenvalue weighted by molar-refractivity contribution is -0.176. The number of piperidine rings is 1. The van der Waals surface area contributed by atoms with Gasteiger partial charge >= 0.3 is 0 Å². The number of benzene rings is 2. The Hall–Kier alpha value is -3.34. The van der Waals surface area contributed by atoms with Gasteiger partial charge in [0.15, 0.2) is 0 Å². The topological polar surface area (TPSA) is 81.6 Å². The number of nitrogens with zero attached hydrogens (tertiary/aromatic N) is 3. The second kappa shape index (κ2) is 9.11. The normalized spacial score (nSPS) is 27.6. The van der Waals surface area contributed by atoms with Crippen molar-refractivity contribution in [3.05, 3.63) is 64.8 Å². The molecule has 3 saturated heterocycles. The van der Waals surface area contributed by atoms with Gasteiger partial charge in [0.25, 0.3) is 5.91 Å². The van der Waals surface area contributed by atoms with Crippen molar-refractivity contribution in [3.8, 4) is 11.8 Å². The summed E-state index contributed by atoms with van der Waals surface area (Å²) in [5.74, 6) is 1.23. The zero-order valence-electron chi connectivity index (χ0n) is 22.8. The SMILES string of the molecule is COc1cc(C)c2[nH]ccc2c1CN1CCC2(CC(C#N)C2)CC1c1ccc(C(=O)N2CC3(COC3)C2)cc1. The molecule has 4 fully saturated rings. The van der Waals surface area contributed by atoms with E-state index >= 15 is 0 Å². The highest BCUT2D eigenvalue weighted by Crippen LogP contribution is 2.57. The van der Waals surface area contributed by atoms with Gasteiger partial charge in [-0.25, -0.2) is 0 Å². The van der Waals surface area contributed by atoms with Crippen LogP contribution in [0.3, 0.4) is 0 Å². The Morgan fingerprint density at radius 1 is 1.15 bits per heavy atom. The molecule has 1 aromatic heterocycles. The number of amides is 1. The molecule has 7 heteroatoms. The minimum Gasteiger partial charge on any atom is -0.496 e. The summed E-state index contributed by atoms with van der Waals surface area (Å²) in [6, 6.07) is 15.3. The number of carbonyl (C=O) groups is 1. The predicted molar refractivity (Wildman–Crippen MR) is 148 cm³/mol. The van der Waals surface area contributed by atoms with E-state index in [9.17, 15) is 10.1 Å². The zero-order chi connectivity index (χ0) is 26.8. The maximum absolute atomic E-state index is 13.1. The van der Waals surface area contributed by atoms with Crippen LogP contribution in [0.5, 0.6) is 5.75 Å². The molecule has 7 rings (SSSR count). The highest BCUT2D eigenvalue weighted by molar-refractivity contribution is 5.95. The van der Waals surface area contributed by atoms with Gasteiger partial charge < -0.3 is 19.4 Å². The summed E-state index contributed by atoms with van der Waals surface area (Å²) in [5.41, 5.74) is 6.02. The van der Waals surface area contributed by atoms with Gasteiger partial charge in [-0.1, -0.05) is 12.1 Å². The minimum absolute atomic E-state index is 0.117. The van der Waals surface area contributed by atoms with E-state index in [0.717, 1.165) is 81.9 Å². The molecule has 7 nitrogen and oxygen atoms in total. The van der Waals surface area contributed by atoms with Crippen molar-refractivity contribution < 1.29 is 14.3 Å². The van der Waals surface area contributed by atoms with Gasteiger partial charge in [-0.2, -0.15) is 5.26 Å². The fraction of sp³-hybridized carbons (Fsp3) is 0.500. The number of rotatable bonds is 5. The average Bonchev–Trinajstić information content (AvgIpc) is 3.38. The van der Waals surface area contributed by atoms with Crippen molar-refractivity contribution in [1.82, 2.24) is 14.8 Å². The molecule has 1 aliphatic carbocycles. The van der Waals surface area contributed by atoms with Crippen LogP contribution >= 0.6 is 0 Å². The van der Waals surface area contributed by atoms with Crippen molar-refractivity contribution in [2.24, 2.45) is 16.7 Å². The Balaban J connectivity index is 1.16. The lowest BCUT2D eigenvalue weighted by atomic mass is 9.56. The van der Waals surface area contributed by atoms with Gasteiger partial charge in [0.2, 0.25) is 0 Å². The van der Waals surface area contributed by atoms with Gasteiger partial charge in [-0.3, -0.25) is 9.69 Å². The van der Waals surface area contributed by atoms with Crippen LogP contribution in [0, 0.1) is 35.0 Å². The quantitative estimate of drug-likeness (QED) is 0.495. The first-order valence-corrected chi connectivity index (χ1v) is 14.2. The summed E-state index contributed by atoms with van der Waals surface area (Å²) in [4.78, 5) is 21.0. The fourth-order valence-electron chi connectivity index (χ4n) is 7.64. The van der Waals surface area contributed by atoms with E-state index in [4.69, 9.17) is 9.47 Å². The van der Waals surface area contributed by atoms with Gasteiger partial charge in [-0.15, -0.1) is 0 Å². The van der Waals surface area contributed by atoms with E-state index in [2.05, 4.69) is 47.1 Å². The van der Waals surface area contributed by atoms with Gasteiger partial charge in [0.05, 0.1) is 31.8 Å². The number of ether oxygens (including phenoxy) is 2. The summed E-state index contributed by atoms with van der Waals surface area (Å²) < 4.78 is 11.2. The number of aromatic amines is 1. The third-order valence-corrected chi connectivity index (χ3v) is 9.93. The smallest absolute Gasteiger partial charge is 0.253 e. The lowest BCUT2D eigenvalue weighted by Crippen LogP contribution is -2.67. The number of aryl methyl sites for hydroxylation is 1. The first-order valence-electron chi connectivity index (χ1n) is 14.2. The largest absolute Gasteiger partial charge is 0.496 e. The molecule has 1 saturated carbocycles. The lowest BCUT2D eigenvalue weighted by Gasteiger charge is -2.55. The molecular weight excluding hydrogens is 488 g/mol. The molecule has 1 N–H and O–H groups in total. The van der Waals surface area contributed by atoms with E-state index in [1.54, 1.807) is 7.11 Å². The summed E-state index contributed by atoms with van der Waals surface area (Å²) in [5, 5.41) is 10.7. The fourth-order valence-corrected chi connectivity index (χ4v) is 7.64. The maximum atomic E-state index is 13.1. The Labute approximate surface area is 229 Å². The Morgan fingerprint density at radius 2 is 1.92 bits per heavy atom. The van der Waals surface area contributed by atoms with E-state index in [-0.39, 0.29) is 28.7 Å². The van der Waals surface area contributed by atoms with Crippen LogP contribution in [0.25, 0.3) is 10.9 Å². The van der Waals surface area contributed by atoms with E-state index in [1.165, 1.54) is 22.1 Å². The minimum atomic E-state index is 0.117. The molecule has 1 amide bonds. The third-order valence-electron chi connectivity index (χ3n) is 9.93. The number of likely N-dealkylation sites (tertiary alicyclic amines) is 2. The van der Waals surface area contributed by atoms with Crippen molar-refractivity contribution >= 4 is 16.8 Å². The molecule has 2 aromatic carbocycles. The number of fused-ring (bicyclic) bond motifs is 1. The van der Waals surface area contributed by atoms with Crippen molar-refractivity contribution in [1.29, 1.82) is 5.26 Å². The molecule has 4 heterocycles. The summed E-state index contributed by atoms with van der Waals surface area (Å²) in [7, 11) is 1.75. The van der Waals surface area contributed by atoms with Crippen LogP contribution in [0.2, 0.25) is 0 Å². The molecular formula is C32H36N4O3. The molecule has 0 bridgehead atoms. The number of methoxy groups -OCH3 is 1. The van der Waals surface area contributed by atoms with E-state index in [0.29, 0.717) is 0 Å². The van der Waals surface area contributed by atoms with Crippen molar-refractivity contribution in [3.63, 3.8) is 0 Å². The number of carbonyl (C=O) groups excluding carboxylic acids is 1. The number of hydrogen-bond donors (Lipinski definition) is 1.